The first-order valence-electron chi connectivity index (χ1n) is 7.55. The van der Waals surface area contributed by atoms with Crippen LogP contribution in [0.4, 0.5) is 0 Å². The van der Waals surface area contributed by atoms with Gasteiger partial charge in [-0.2, -0.15) is 5.10 Å². The molecule has 0 radical (unpaired) electrons. The van der Waals surface area contributed by atoms with E-state index in [4.69, 9.17) is 0 Å². The number of aromatic nitrogens is 2. The minimum atomic E-state index is -0.0542. The Kier molecular flexibility index (Phi) is 5.40. The average Bonchev–Trinajstić information content (AvgIpc) is 2.87. The van der Waals surface area contributed by atoms with Crippen LogP contribution in [0, 0.1) is 12.8 Å². The first-order valence-corrected chi connectivity index (χ1v) is 8.34. The van der Waals surface area contributed by atoms with Gasteiger partial charge in [0.15, 0.2) is 0 Å². The van der Waals surface area contributed by atoms with E-state index in [0.717, 1.165) is 22.3 Å². The van der Waals surface area contributed by atoms with Gasteiger partial charge in [0.05, 0.1) is 23.1 Å². The van der Waals surface area contributed by atoms with Crippen LogP contribution in [0.25, 0.3) is 5.69 Å². The minimum absolute atomic E-state index is 0.0542. The van der Waals surface area contributed by atoms with Crippen molar-refractivity contribution in [1.82, 2.24) is 15.1 Å². The molecule has 1 atom stereocenters. The molecule has 0 bridgehead atoms. The second-order valence-corrected chi connectivity index (χ2v) is 6.68. The standard InChI is InChI=1S/C17H22BrN3O/c1-5-16(11(2)3)20-17(22)15-10-19-21(12(15)4)14-8-6-13(18)7-9-14/h6-11,16H,5H2,1-4H3,(H,20,22). The lowest BCUT2D eigenvalue weighted by atomic mass is 10.0. The predicted molar refractivity (Wildman–Crippen MR) is 92.4 cm³/mol. The zero-order valence-electron chi connectivity index (χ0n) is 13.4. The van der Waals surface area contributed by atoms with E-state index in [1.165, 1.54) is 0 Å². The van der Waals surface area contributed by atoms with E-state index < -0.39 is 0 Å². The van der Waals surface area contributed by atoms with Gasteiger partial charge >= 0.3 is 0 Å². The molecule has 0 saturated heterocycles. The molecule has 118 valence electrons. The van der Waals surface area contributed by atoms with Crippen LogP contribution in [0.2, 0.25) is 0 Å². The predicted octanol–water partition coefficient (Wildman–Crippen LogP) is 4.11. The fourth-order valence-corrected chi connectivity index (χ4v) is 2.73. The van der Waals surface area contributed by atoms with E-state index >= 15 is 0 Å². The second kappa shape index (κ2) is 7.09. The molecule has 0 aliphatic heterocycles. The van der Waals surface area contributed by atoms with Crippen LogP contribution in [0.15, 0.2) is 34.9 Å². The van der Waals surface area contributed by atoms with Crippen LogP contribution >= 0.6 is 15.9 Å². The molecule has 2 rings (SSSR count). The molecule has 0 aliphatic rings. The highest BCUT2D eigenvalue weighted by Crippen LogP contribution is 2.17. The highest BCUT2D eigenvalue weighted by atomic mass is 79.9. The lowest BCUT2D eigenvalue weighted by molar-refractivity contribution is 0.0924. The molecule has 0 spiro atoms. The van der Waals surface area contributed by atoms with Crippen molar-refractivity contribution < 1.29 is 4.79 Å². The molecule has 0 saturated carbocycles. The van der Waals surface area contributed by atoms with Crippen molar-refractivity contribution in [2.24, 2.45) is 5.92 Å². The average molecular weight is 364 g/mol. The molecule has 1 heterocycles. The topological polar surface area (TPSA) is 46.9 Å². The maximum atomic E-state index is 12.5. The van der Waals surface area contributed by atoms with Crippen LogP contribution in [-0.2, 0) is 0 Å². The Balaban J connectivity index is 2.23. The number of carbonyl (C=O) groups excluding carboxylic acids is 1. The van der Waals surface area contributed by atoms with Gasteiger partial charge in [0.2, 0.25) is 0 Å². The number of hydrogen-bond acceptors (Lipinski definition) is 2. The third kappa shape index (κ3) is 3.58. The van der Waals surface area contributed by atoms with Gasteiger partial charge in [-0.15, -0.1) is 0 Å². The Morgan fingerprint density at radius 3 is 2.50 bits per heavy atom. The van der Waals surface area contributed by atoms with Crippen molar-refractivity contribution in [3.63, 3.8) is 0 Å². The number of carbonyl (C=O) groups is 1. The monoisotopic (exact) mass is 363 g/mol. The molecule has 4 nitrogen and oxygen atoms in total. The molecule has 0 aliphatic carbocycles. The highest BCUT2D eigenvalue weighted by Gasteiger charge is 2.19. The summed E-state index contributed by atoms with van der Waals surface area (Å²) >= 11 is 3.42. The van der Waals surface area contributed by atoms with Crippen molar-refractivity contribution in [3.05, 3.63) is 46.2 Å². The number of halogens is 1. The van der Waals surface area contributed by atoms with E-state index in [0.29, 0.717) is 11.5 Å². The quantitative estimate of drug-likeness (QED) is 0.868. The summed E-state index contributed by atoms with van der Waals surface area (Å²) in [6, 6.07) is 8.04. The number of nitrogens with zero attached hydrogens (tertiary/aromatic N) is 2. The molecule has 5 heteroatoms. The van der Waals surface area contributed by atoms with Gasteiger partial charge in [0, 0.05) is 10.5 Å². The van der Waals surface area contributed by atoms with Crippen LogP contribution in [-0.4, -0.2) is 21.7 Å². The minimum Gasteiger partial charge on any atom is -0.349 e. The van der Waals surface area contributed by atoms with Crippen molar-refractivity contribution in [2.75, 3.05) is 0 Å². The molecular formula is C17H22BrN3O. The first kappa shape index (κ1) is 16.7. The van der Waals surface area contributed by atoms with Crippen LogP contribution < -0.4 is 5.32 Å². The lowest BCUT2D eigenvalue weighted by Gasteiger charge is -2.20. The van der Waals surface area contributed by atoms with E-state index in [9.17, 15) is 4.79 Å². The van der Waals surface area contributed by atoms with E-state index in [2.05, 4.69) is 47.1 Å². The fraction of sp³-hybridized carbons (Fsp3) is 0.412. The summed E-state index contributed by atoms with van der Waals surface area (Å²) in [7, 11) is 0. The molecule has 1 unspecified atom stereocenters. The van der Waals surface area contributed by atoms with Crippen molar-refractivity contribution >= 4 is 21.8 Å². The number of hydrogen-bond donors (Lipinski definition) is 1. The Labute approximate surface area is 140 Å². The summed E-state index contributed by atoms with van der Waals surface area (Å²) < 4.78 is 2.80. The van der Waals surface area contributed by atoms with Gasteiger partial charge in [0.1, 0.15) is 0 Å². The molecule has 1 N–H and O–H groups in total. The van der Waals surface area contributed by atoms with E-state index in [1.54, 1.807) is 10.9 Å². The van der Waals surface area contributed by atoms with Crippen molar-refractivity contribution in [2.45, 2.75) is 40.2 Å². The second-order valence-electron chi connectivity index (χ2n) is 5.76. The Morgan fingerprint density at radius 1 is 1.32 bits per heavy atom. The van der Waals surface area contributed by atoms with Gasteiger partial charge in [-0.3, -0.25) is 4.79 Å². The van der Waals surface area contributed by atoms with E-state index in [1.807, 2.05) is 31.2 Å². The van der Waals surface area contributed by atoms with Gasteiger partial charge in [-0.25, -0.2) is 4.68 Å². The normalized spacial score (nSPS) is 12.5. The van der Waals surface area contributed by atoms with E-state index in [-0.39, 0.29) is 11.9 Å². The Bertz CT molecular complexity index is 646. The summed E-state index contributed by atoms with van der Waals surface area (Å²) in [5.74, 6) is 0.359. The lowest BCUT2D eigenvalue weighted by Crippen LogP contribution is -2.38. The summed E-state index contributed by atoms with van der Waals surface area (Å²) in [4.78, 5) is 12.5. The SMILES string of the molecule is CCC(NC(=O)c1cnn(-c2ccc(Br)cc2)c1C)C(C)C. The zero-order valence-corrected chi connectivity index (χ0v) is 15.0. The zero-order chi connectivity index (χ0) is 16.3. The van der Waals surface area contributed by atoms with Crippen molar-refractivity contribution in [3.8, 4) is 5.69 Å². The third-order valence-corrected chi connectivity index (χ3v) is 4.42. The molecule has 2 aromatic rings. The summed E-state index contributed by atoms with van der Waals surface area (Å²) in [6.07, 6.45) is 2.56. The maximum Gasteiger partial charge on any atom is 0.254 e. The van der Waals surface area contributed by atoms with Crippen molar-refractivity contribution in [1.29, 1.82) is 0 Å². The molecular weight excluding hydrogens is 342 g/mol. The molecule has 1 amide bonds. The third-order valence-electron chi connectivity index (χ3n) is 3.89. The number of nitrogens with one attached hydrogen (secondary N) is 1. The largest absolute Gasteiger partial charge is 0.349 e. The fourth-order valence-electron chi connectivity index (χ4n) is 2.46. The highest BCUT2D eigenvalue weighted by molar-refractivity contribution is 9.10. The molecule has 22 heavy (non-hydrogen) atoms. The first-order chi connectivity index (χ1) is 10.4. The van der Waals surface area contributed by atoms with Gasteiger partial charge < -0.3 is 5.32 Å². The van der Waals surface area contributed by atoms with Crippen LogP contribution in [0.1, 0.15) is 43.2 Å². The van der Waals surface area contributed by atoms with Gasteiger partial charge in [0.25, 0.3) is 5.91 Å². The summed E-state index contributed by atoms with van der Waals surface area (Å²) in [5.41, 5.74) is 2.41. The van der Waals surface area contributed by atoms with Gasteiger partial charge in [-0.05, 0) is 43.5 Å². The Morgan fingerprint density at radius 2 is 1.95 bits per heavy atom. The summed E-state index contributed by atoms with van der Waals surface area (Å²) in [5, 5.41) is 7.45. The number of rotatable bonds is 5. The summed E-state index contributed by atoms with van der Waals surface area (Å²) in [6.45, 7) is 8.24. The van der Waals surface area contributed by atoms with Gasteiger partial charge in [-0.1, -0.05) is 36.7 Å². The maximum absolute atomic E-state index is 12.5. The molecule has 1 aromatic carbocycles. The van der Waals surface area contributed by atoms with Crippen LogP contribution in [0.5, 0.6) is 0 Å². The number of benzene rings is 1. The molecule has 1 aromatic heterocycles. The molecule has 0 fully saturated rings. The smallest absolute Gasteiger partial charge is 0.254 e. The number of amides is 1. The van der Waals surface area contributed by atoms with Crippen LogP contribution in [0.3, 0.4) is 0 Å². The Hall–Kier alpha value is -1.62.